The van der Waals surface area contributed by atoms with Crippen LogP contribution in [0, 0.1) is 0 Å². The Kier molecular flexibility index (Phi) is 5.26. The molecule has 2 saturated heterocycles. The minimum Gasteiger partial charge on any atom is -0.372 e. The highest BCUT2D eigenvalue weighted by Gasteiger charge is 2.30. The minimum absolute atomic E-state index is 0.0931. The predicted octanol–water partition coefficient (Wildman–Crippen LogP) is 3.06. The van der Waals surface area contributed by atoms with E-state index in [9.17, 15) is 9.59 Å². The van der Waals surface area contributed by atoms with Crippen LogP contribution in [0.2, 0.25) is 0 Å². The van der Waals surface area contributed by atoms with Crippen molar-refractivity contribution in [2.75, 3.05) is 24.5 Å². The number of benzene rings is 1. The highest BCUT2D eigenvalue weighted by atomic mass is 32.2. The van der Waals surface area contributed by atoms with Gasteiger partial charge in [-0.3, -0.25) is 9.59 Å². The number of carbonyl (C=O) groups excluding carboxylic acids is 2. The van der Waals surface area contributed by atoms with E-state index in [0.29, 0.717) is 19.5 Å². The molecule has 2 aliphatic rings. The molecule has 4 nitrogen and oxygen atoms in total. The van der Waals surface area contributed by atoms with Gasteiger partial charge in [0.15, 0.2) is 5.12 Å². The number of hydrogen-bond donors (Lipinski definition) is 0. The molecule has 2 heterocycles. The Morgan fingerprint density at radius 1 is 1.17 bits per heavy atom. The first-order valence-corrected chi connectivity index (χ1v) is 9.28. The summed E-state index contributed by atoms with van der Waals surface area (Å²) in [5, 5.41) is 0.211. The van der Waals surface area contributed by atoms with Crippen LogP contribution in [0.15, 0.2) is 24.3 Å². The van der Waals surface area contributed by atoms with Gasteiger partial charge in [-0.25, -0.2) is 0 Å². The first-order valence-electron chi connectivity index (χ1n) is 8.41. The van der Waals surface area contributed by atoms with Gasteiger partial charge in [-0.2, -0.15) is 0 Å². The first-order chi connectivity index (χ1) is 11.1. The Morgan fingerprint density at radius 3 is 2.52 bits per heavy atom. The Labute approximate surface area is 142 Å². The van der Waals surface area contributed by atoms with Gasteiger partial charge in [-0.05, 0) is 37.0 Å². The van der Waals surface area contributed by atoms with Crippen molar-refractivity contribution in [2.24, 2.45) is 0 Å². The van der Waals surface area contributed by atoms with E-state index in [1.54, 1.807) is 6.92 Å². The van der Waals surface area contributed by atoms with Gasteiger partial charge in [-0.15, -0.1) is 0 Å². The summed E-state index contributed by atoms with van der Waals surface area (Å²) in [5.74, 6) is 0.156. The van der Waals surface area contributed by atoms with Crippen molar-refractivity contribution in [1.29, 1.82) is 0 Å². The van der Waals surface area contributed by atoms with E-state index in [2.05, 4.69) is 29.2 Å². The second-order valence-corrected chi connectivity index (χ2v) is 7.90. The van der Waals surface area contributed by atoms with Crippen molar-refractivity contribution in [2.45, 2.75) is 44.4 Å². The molecule has 0 radical (unpaired) electrons. The lowest BCUT2D eigenvalue weighted by molar-refractivity contribution is -0.128. The maximum atomic E-state index is 12.1. The van der Waals surface area contributed by atoms with E-state index >= 15 is 0 Å². The molecule has 5 heteroatoms. The van der Waals surface area contributed by atoms with Crippen molar-refractivity contribution in [3.8, 4) is 0 Å². The Morgan fingerprint density at radius 2 is 1.87 bits per heavy atom. The lowest BCUT2D eigenvalue weighted by Crippen LogP contribution is -2.29. The molecule has 23 heavy (non-hydrogen) atoms. The topological polar surface area (TPSA) is 40.6 Å². The molecule has 0 N–H and O–H groups in total. The number of amides is 1. The van der Waals surface area contributed by atoms with Gasteiger partial charge in [0.25, 0.3) is 0 Å². The summed E-state index contributed by atoms with van der Waals surface area (Å²) in [5.41, 5.74) is 2.44. The van der Waals surface area contributed by atoms with Crippen molar-refractivity contribution in [3.05, 3.63) is 29.8 Å². The zero-order chi connectivity index (χ0) is 16.2. The van der Waals surface area contributed by atoms with E-state index in [-0.39, 0.29) is 16.3 Å². The van der Waals surface area contributed by atoms with Crippen molar-refractivity contribution in [1.82, 2.24) is 4.90 Å². The maximum Gasteiger partial charge on any atom is 0.224 e. The van der Waals surface area contributed by atoms with Crippen LogP contribution >= 0.6 is 11.8 Å². The summed E-state index contributed by atoms with van der Waals surface area (Å²) in [6.07, 6.45) is 4.37. The van der Waals surface area contributed by atoms with Gasteiger partial charge in [0, 0.05) is 50.5 Å². The van der Waals surface area contributed by atoms with Crippen molar-refractivity contribution >= 4 is 28.5 Å². The molecular weight excluding hydrogens is 308 g/mol. The molecule has 1 atom stereocenters. The van der Waals surface area contributed by atoms with Crippen LogP contribution < -0.4 is 4.90 Å². The number of thioether (sulfide) groups is 1. The number of rotatable bonds is 4. The second-order valence-electron chi connectivity index (χ2n) is 6.42. The van der Waals surface area contributed by atoms with Gasteiger partial charge in [0.1, 0.15) is 0 Å². The fraction of sp³-hybridized carbons (Fsp3) is 0.556. The third kappa shape index (κ3) is 4.28. The van der Waals surface area contributed by atoms with Crippen LogP contribution in [0.25, 0.3) is 0 Å². The highest BCUT2D eigenvalue weighted by Crippen LogP contribution is 2.26. The molecule has 0 aromatic heterocycles. The molecule has 3 rings (SSSR count). The largest absolute Gasteiger partial charge is 0.372 e. The maximum absolute atomic E-state index is 12.1. The third-order valence-corrected chi connectivity index (χ3v) is 5.52. The molecule has 0 aliphatic carbocycles. The van der Waals surface area contributed by atoms with Gasteiger partial charge >= 0.3 is 0 Å². The van der Waals surface area contributed by atoms with Crippen molar-refractivity contribution in [3.63, 3.8) is 0 Å². The van der Waals surface area contributed by atoms with Crippen molar-refractivity contribution < 1.29 is 9.59 Å². The van der Waals surface area contributed by atoms with E-state index in [4.69, 9.17) is 0 Å². The van der Waals surface area contributed by atoms with Gasteiger partial charge in [0.05, 0.1) is 0 Å². The average molecular weight is 332 g/mol. The monoisotopic (exact) mass is 332 g/mol. The molecular formula is C18H24N2O2S. The van der Waals surface area contributed by atoms with Crippen LogP contribution in [0.4, 0.5) is 5.69 Å². The predicted molar refractivity (Wildman–Crippen MR) is 94.6 cm³/mol. The van der Waals surface area contributed by atoms with Crippen LogP contribution in [0.5, 0.6) is 0 Å². The van der Waals surface area contributed by atoms with E-state index in [1.165, 1.54) is 36.7 Å². The molecule has 1 aromatic rings. The molecule has 124 valence electrons. The molecule has 0 saturated carbocycles. The van der Waals surface area contributed by atoms with Crippen LogP contribution in [0.1, 0.15) is 38.2 Å². The first kappa shape index (κ1) is 16.4. The Balaban J connectivity index is 1.57. The lowest BCUT2D eigenvalue weighted by Gasteiger charge is -2.29. The van der Waals surface area contributed by atoms with Crippen LogP contribution in [0.3, 0.4) is 0 Å². The van der Waals surface area contributed by atoms with E-state index < -0.39 is 0 Å². The summed E-state index contributed by atoms with van der Waals surface area (Å²) < 4.78 is 0. The number of carbonyl (C=O) groups is 2. The fourth-order valence-corrected chi connectivity index (χ4v) is 4.34. The van der Waals surface area contributed by atoms with E-state index in [1.807, 2.05) is 4.90 Å². The van der Waals surface area contributed by atoms with Gasteiger partial charge in [-0.1, -0.05) is 23.9 Å². The Hall–Kier alpha value is -1.49. The van der Waals surface area contributed by atoms with E-state index in [0.717, 1.165) is 18.7 Å². The summed E-state index contributed by atoms with van der Waals surface area (Å²) in [4.78, 5) is 27.6. The van der Waals surface area contributed by atoms with Gasteiger partial charge in [0.2, 0.25) is 5.91 Å². The molecule has 0 spiro atoms. The van der Waals surface area contributed by atoms with Crippen LogP contribution in [-0.4, -0.2) is 40.8 Å². The summed E-state index contributed by atoms with van der Waals surface area (Å²) >= 11 is 1.29. The quantitative estimate of drug-likeness (QED) is 0.850. The summed E-state index contributed by atoms with van der Waals surface area (Å²) in [6, 6.07) is 8.59. The number of piperidine rings is 1. The fourth-order valence-electron chi connectivity index (χ4n) is 3.39. The normalized spacial score (nSPS) is 21.8. The van der Waals surface area contributed by atoms with Gasteiger partial charge < -0.3 is 9.80 Å². The lowest BCUT2D eigenvalue weighted by atomic mass is 10.1. The number of nitrogens with zero attached hydrogens (tertiary/aromatic N) is 2. The number of hydrogen-bond acceptors (Lipinski definition) is 4. The Bertz CT molecular complexity index is 567. The standard InChI is InChI=1S/C18H24N2O2S/c1-14(21)23-17-11-18(22)20(13-17)12-15-5-7-16(8-6-15)19-9-3-2-4-10-19/h5-8,17H,2-4,9-13H2,1H3. The molecule has 0 bridgehead atoms. The summed E-state index contributed by atoms with van der Waals surface area (Å²) in [6.45, 7) is 5.18. The average Bonchev–Trinajstić information content (AvgIpc) is 2.87. The SMILES string of the molecule is CC(=O)SC1CC(=O)N(Cc2ccc(N3CCCCC3)cc2)C1. The molecule has 1 aromatic carbocycles. The highest BCUT2D eigenvalue weighted by molar-refractivity contribution is 8.14. The minimum atomic E-state index is 0.0931. The third-order valence-electron chi connectivity index (χ3n) is 4.54. The molecule has 1 unspecified atom stereocenters. The zero-order valence-electron chi connectivity index (χ0n) is 13.7. The molecule has 2 fully saturated rings. The second kappa shape index (κ2) is 7.39. The number of likely N-dealkylation sites (tertiary alicyclic amines) is 1. The molecule has 1 amide bonds. The number of anilines is 1. The van der Waals surface area contributed by atoms with Crippen LogP contribution in [-0.2, 0) is 16.1 Å². The molecule has 2 aliphatic heterocycles. The summed E-state index contributed by atoms with van der Waals surface area (Å²) in [7, 11) is 0. The zero-order valence-corrected chi connectivity index (χ0v) is 14.5. The smallest absolute Gasteiger partial charge is 0.224 e.